The lowest BCUT2D eigenvalue weighted by Crippen LogP contribution is -2.37. The summed E-state index contributed by atoms with van der Waals surface area (Å²) in [6.07, 6.45) is 3.43. The zero-order chi connectivity index (χ0) is 14.1. The van der Waals surface area contributed by atoms with E-state index < -0.39 is 0 Å². The van der Waals surface area contributed by atoms with Crippen LogP contribution in [0, 0.1) is 6.92 Å². The topological polar surface area (TPSA) is 64.1 Å². The van der Waals surface area contributed by atoms with Crippen LogP contribution in [-0.2, 0) is 11.3 Å². The molecular formula is C15H20N4O. The highest BCUT2D eigenvalue weighted by molar-refractivity contribution is 5.85. The van der Waals surface area contributed by atoms with Crippen molar-refractivity contribution in [2.24, 2.45) is 0 Å². The second-order valence-corrected chi connectivity index (χ2v) is 5.44. The zero-order valence-corrected chi connectivity index (χ0v) is 11.8. The van der Waals surface area contributed by atoms with Gasteiger partial charge in [0.25, 0.3) is 0 Å². The summed E-state index contributed by atoms with van der Waals surface area (Å²) in [5.74, 6) is 0.554. The van der Waals surface area contributed by atoms with Gasteiger partial charge in [-0.25, -0.2) is 4.98 Å². The summed E-state index contributed by atoms with van der Waals surface area (Å²) in [5, 5.41) is 0. The molecule has 0 radical (unpaired) electrons. The van der Waals surface area contributed by atoms with Gasteiger partial charge in [0.05, 0.1) is 11.0 Å². The van der Waals surface area contributed by atoms with E-state index >= 15 is 0 Å². The largest absolute Gasteiger partial charge is 0.369 e. The Hall–Kier alpha value is -2.04. The Morgan fingerprint density at radius 2 is 2.05 bits per heavy atom. The van der Waals surface area contributed by atoms with Crippen LogP contribution in [0.1, 0.15) is 24.8 Å². The van der Waals surface area contributed by atoms with Gasteiger partial charge in [-0.2, -0.15) is 0 Å². The van der Waals surface area contributed by atoms with E-state index in [9.17, 15) is 4.79 Å². The van der Waals surface area contributed by atoms with Crippen molar-refractivity contribution in [2.75, 3.05) is 18.8 Å². The first-order valence-corrected chi connectivity index (χ1v) is 7.16. The van der Waals surface area contributed by atoms with Crippen molar-refractivity contribution in [1.82, 2.24) is 14.5 Å². The molecule has 0 spiro atoms. The van der Waals surface area contributed by atoms with Gasteiger partial charge in [-0.05, 0) is 37.8 Å². The van der Waals surface area contributed by atoms with Gasteiger partial charge < -0.3 is 15.2 Å². The predicted molar refractivity (Wildman–Crippen MR) is 79.3 cm³/mol. The third-order valence-corrected chi connectivity index (χ3v) is 4.00. The van der Waals surface area contributed by atoms with Crippen LogP contribution in [0.25, 0.3) is 11.0 Å². The molecule has 0 saturated carbocycles. The molecule has 1 aliphatic rings. The van der Waals surface area contributed by atoms with Crippen LogP contribution in [0.15, 0.2) is 18.2 Å². The minimum Gasteiger partial charge on any atom is -0.369 e. The van der Waals surface area contributed by atoms with Crippen LogP contribution < -0.4 is 5.73 Å². The molecule has 3 rings (SSSR count). The van der Waals surface area contributed by atoms with Crippen molar-refractivity contribution >= 4 is 22.9 Å². The number of nitrogens with zero attached hydrogens (tertiary/aromatic N) is 3. The van der Waals surface area contributed by atoms with Crippen molar-refractivity contribution < 1.29 is 4.79 Å². The van der Waals surface area contributed by atoms with E-state index in [-0.39, 0.29) is 12.5 Å². The number of aryl methyl sites for hydroxylation is 1. The molecule has 1 aliphatic heterocycles. The Bertz CT molecular complexity index is 641. The van der Waals surface area contributed by atoms with E-state index in [4.69, 9.17) is 5.73 Å². The minimum absolute atomic E-state index is 0.138. The van der Waals surface area contributed by atoms with Gasteiger partial charge >= 0.3 is 0 Å². The van der Waals surface area contributed by atoms with Crippen LogP contribution in [-0.4, -0.2) is 33.4 Å². The van der Waals surface area contributed by atoms with E-state index in [1.807, 2.05) is 34.6 Å². The fraction of sp³-hybridized carbons (Fsp3) is 0.467. The molecule has 1 saturated heterocycles. The minimum atomic E-state index is 0.138. The van der Waals surface area contributed by atoms with Gasteiger partial charge in [-0.3, -0.25) is 4.79 Å². The van der Waals surface area contributed by atoms with Crippen molar-refractivity contribution in [1.29, 1.82) is 0 Å². The molecule has 0 unspecified atom stereocenters. The van der Waals surface area contributed by atoms with Crippen LogP contribution in [0.4, 0.5) is 5.95 Å². The Morgan fingerprint density at radius 3 is 2.80 bits per heavy atom. The molecular weight excluding hydrogens is 252 g/mol. The van der Waals surface area contributed by atoms with Crippen molar-refractivity contribution in [3.8, 4) is 0 Å². The zero-order valence-electron chi connectivity index (χ0n) is 11.8. The number of imidazole rings is 1. The number of carbonyl (C=O) groups is 1. The molecule has 1 amide bonds. The van der Waals surface area contributed by atoms with Crippen molar-refractivity contribution in [3.05, 3.63) is 23.8 Å². The number of aromatic nitrogens is 2. The first-order chi connectivity index (χ1) is 9.66. The maximum absolute atomic E-state index is 12.4. The van der Waals surface area contributed by atoms with Gasteiger partial charge in [-0.15, -0.1) is 0 Å². The standard InChI is InChI=1S/C15H20N4O/c1-11-6-5-7-12-14(11)19(15(16)17-12)10-13(20)18-8-3-2-4-9-18/h5-7H,2-4,8-10H2,1H3,(H2,16,17). The number of carbonyl (C=O) groups excluding carboxylic acids is 1. The van der Waals surface area contributed by atoms with Crippen LogP contribution in [0.3, 0.4) is 0 Å². The maximum atomic E-state index is 12.4. The fourth-order valence-corrected chi connectivity index (χ4v) is 2.92. The number of amides is 1. The molecule has 1 aromatic carbocycles. The molecule has 0 bridgehead atoms. The van der Waals surface area contributed by atoms with Crippen LogP contribution >= 0.6 is 0 Å². The summed E-state index contributed by atoms with van der Waals surface area (Å²) in [4.78, 5) is 18.7. The van der Waals surface area contributed by atoms with Gasteiger partial charge in [0.2, 0.25) is 11.9 Å². The molecule has 2 N–H and O–H groups in total. The lowest BCUT2D eigenvalue weighted by atomic mass is 10.1. The molecule has 5 nitrogen and oxygen atoms in total. The molecule has 5 heteroatoms. The number of para-hydroxylation sites is 1. The number of anilines is 1. The van der Waals surface area contributed by atoms with Gasteiger partial charge in [0, 0.05) is 13.1 Å². The van der Waals surface area contributed by atoms with Gasteiger partial charge in [-0.1, -0.05) is 12.1 Å². The number of nitrogen functional groups attached to an aromatic ring is 1. The highest BCUT2D eigenvalue weighted by atomic mass is 16.2. The normalized spacial score (nSPS) is 15.8. The molecule has 2 aromatic rings. The van der Waals surface area contributed by atoms with E-state index in [1.165, 1.54) is 6.42 Å². The number of likely N-dealkylation sites (tertiary alicyclic amines) is 1. The molecule has 106 valence electrons. The molecule has 1 fully saturated rings. The second-order valence-electron chi connectivity index (χ2n) is 5.44. The van der Waals surface area contributed by atoms with Crippen LogP contribution in [0.2, 0.25) is 0 Å². The smallest absolute Gasteiger partial charge is 0.242 e. The van der Waals surface area contributed by atoms with Crippen LogP contribution in [0.5, 0.6) is 0 Å². The van der Waals surface area contributed by atoms with E-state index in [1.54, 1.807) is 0 Å². The SMILES string of the molecule is Cc1cccc2nc(N)n(CC(=O)N3CCCCC3)c12. The number of hydrogen-bond acceptors (Lipinski definition) is 3. The lowest BCUT2D eigenvalue weighted by Gasteiger charge is -2.27. The lowest BCUT2D eigenvalue weighted by molar-refractivity contribution is -0.132. The summed E-state index contributed by atoms with van der Waals surface area (Å²) >= 11 is 0. The number of nitrogens with two attached hydrogens (primary N) is 1. The molecule has 20 heavy (non-hydrogen) atoms. The quantitative estimate of drug-likeness (QED) is 0.908. The first kappa shape index (κ1) is 13.0. The number of rotatable bonds is 2. The summed E-state index contributed by atoms with van der Waals surface area (Å²) in [5.41, 5.74) is 8.90. The molecule has 0 atom stereocenters. The second kappa shape index (κ2) is 5.15. The summed E-state index contributed by atoms with van der Waals surface area (Å²) in [7, 11) is 0. The number of benzene rings is 1. The van der Waals surface area contributed by atoms with E-state index in [0.717, 1.165) is 42.5 Å². The highest BCUT2D eigenvalue weighted by Gasteiger charge is 2.19. The van der Waals surface area contributed by atoms with Crippen molar-refractivity contribution in [3.63, 3.8) is 0 Å². The number of hydrogen-bond donors (Lipinski definition) is 1. The summed E-state index contributed by atoms with van der Waals surface area (Å²) in [6, 6.07) is 5.91. The monoisotopic (exact) mass is 272 g/mol. The van der Waals surface area contributed by atoms with E-state index in [0.29, 0.717) is 5.95 Å². The Morgan fingerprint density at radius 1 is 1.30 bits per heavy atom. The first-order valence-electron chi connectivity index (χ1n) is 7.16. The number of fused-ring (bicyclic) bond motifs is 1. The fourth-order valence-electron chi connectivity index (χ4n) is 2.92. The Labute approximate surface area is 118 Å². The van der Waals surface area contributed by atoms with Crippen molar-refractivity contribution in [2.45, 2.75) is 32.7 Å². The Kier molecular flexibility index (Phi) is 3.34. The highest BCUT2D eigenvalue weighted by Crippen LogP contribution is 2.21. The average molecular weight is 272 g/mol. The summed E-state index contributed by atoms with van der Waals surface area (Å²) in [6.45, 7) is 4.03. The van der Waals surface area contributed by atoms with Gasteiger partial charge in [0.1, 0.15) is 6.54 Å². The Balaban J connectivity index is 1.90. The third-order valence-electron chi connectivity index (χ3n) is 4.00. The molecule has 0 aliphatic carbocycles. The molecule has 1 aromatic heterocycles. The molecule has 2 heterocycles. The maximum Gasteiger partial charge on any atom is 0.242 e. The summed E-state index contributed by atoms with van der Waals surface area (Å²) < 4.78 is 1.83. The van der Waals surface area contributed by atoms with Gasteiger partial charge in [0.15, 0.2) is 0 Å². The number of piperidine rings is 1. The predicted octanol–water partition coefficient (Wildman–Crippen LogP) is 1.94. The third kappa shape index (κ3) is 2.24. The average Bonchev–Trinajstić information content (AvgIpc) is 2.77. The van der Waals surface area contributed by atoms with E-state index in [2.05, 4.69) is 4.98 Å².